The van der Waals surface area contributed by atoms with Gasteiger partial charge in [-0.05, 0) is 58.4 Å². The number of hydrogen-bond donors (Lipinski definition) is 3. The molecule has 1 aliphatic heterocycles. The van der Waals surface area contributed by atoms with Crippen LogP contribution in [-0.2, 0) is 14.6 Å². The molecule has 0 unspecified atom stereocenters. The maximum atomic E-state index is 14.9. The van der Waals surface area contributed by atoms with Gasteiger partial charge in [-0.3, -0.25) is 9.46 Å². The van der Waals surface area contributed by atoms with Crippen LogP contribution in [0.25, 0.3) is 22.4 Å². The number of likely N-dealkylation sites (tertiary alicyclic amines) is 1. The van der Waals surface area contributed by atoms with Crippen LogP contribution in [0.4, 0.5) is 10.2 Å². The Morgan fingerprint density at radius 2 is 1.88 bits per heavy atom. The summed E-state index contributed by atoms with van der Waals surface area (Å²) >= 11 is 6.21. The average Bonchev–Trinajstić information content (AvgIpc) is 3.29. The van der Waals surface area contributed by atoms with E-state index in [0.29, 0.717) is 24.8 Å². The summed E-state index contributed by atoms with van der Waals surface area (Å²) in [7, 11) is -8.50. The number of hydrogen-bond acceptors (Lipinski definition) is 8. The van der Waals surface area contributed by atoms with Crippen molar-refractivity contribution in [3.63, 3.8) is 0 Å². The van der Waals surface area contributed by atoms with Gasteiger partial charge in [0.2, 0.25) is 0 Å². The van der Waals surface area contributed by atoms with E-state index in [2.05, 4.69) is 20.3 Å². The SMILES string of the molecule is Cc1ccc(S(=O)(=O)n2cc(-c3ncc(F)c(N[C@H]4CCCN(C(C)(C)P(=O)(O)O)C4)n3)c3cc(Cl)cnc32)cc1. The van der Waals surface area contributed by atoms with Crippen LogP contribution in [0.2, 0.25) is 5.02 Å². The van der Waals surface area contributed by atoms with Crippen molar-refractivity contribution in [3.8, 4) is 11.4 Å². The summed E-state index contributed by atoms with van der Waals surface area (Å²) in [6, 6.07) is 7.58. The lowest BCUT2D eigenvalue weighted by Crippen LogP contribution is -2.52. The fourth-order valence-electron chi connectivity index (χ4n) is 4.81. The van der Waals surface area contributed by atoms with Crippen LogP contribution in [0.5, 0.6) is 0 Å². The lowest BCUT2D eigenvalue weighted by molar-refractivity contribution is 0.122. The molecule has 1 aromatic carbocycles. The number of rotatable bonds is 7. The Balaban J connectivity index is 1.52. The number of aromatic nitrogens is 4. The Labute approximate surface area is 241 Å². The maximum Gasteiger partial charge on any atom is 0.345 e. The van der Waals surface area contributed by atoms with Gasteiger partial charge in [0.25, 0.3) is 10.0 Å². The number of nitrogens with one attached hydrogen (secondary N) is 1. The van der Waals surface area contributed by atoms with E-state index in [0.717, 1.165) is 15.7 Å². The highest BCUT2D eigenvalue weighted by Gasteiger charge is 2.44. The molecule has 11 nitrogen and oxygen atoms in total. The number of aryl methyl sites for hydroxylation is 1. The predicted molar refractivity (Wildman–Crippen MR) is 154 cm³/mol. The third kappa shape index (κ3) is 5.62. The molecule has 1 fully saturated rings. The summed E-state index contributed by atoms with van der Waals surface area (Å²) in [5.74, 6) is -0.801. The quantitative estimate of drug-likeness (QED) is 0.249. The van der Waals surface area contributed by atoms with Crippen LogP contribution in [0, 0.1) is 12.7 Å². The molecule has 0 amide bonds. The molecule has 5 rings (SSSR count). The van der Waals surface area contributed by atoms with E-state index < -0.39 is 28.7 Å². The second-order valence-corrected chi connectivity index (χ2v) is 15.0. The summed E-state index contributed by atoms with van der Waals surface area (Å²) in [6.45, 7) is 5.56. The summed E-state index contributed by atoms with van der Waals surface area (Å²) in [4.78, 5) is 34.2. The molecule has 0 aliphatic carbocycles. The van der Waals surface area contributed by atoms with Gasteiger partial charge in [-0.2, -0.15) is 0 Å². The van der Waals surface area contributed by atoms with Crippen LogP contribution in [0.1, 0.15) is 32.3 Å². The number of piperidine rings is 1. The molecule has 4 aromatic rings. The molecule has 0 saturated carbocycles. The second kappa shape index (κ2) is 10.7. The standard InChI is InChI=1S/C26H29ClFN6O5PS/c1-16-6-8-19(9-7-16)41(38,39)34-15-21(20-11-17(27)12-30-25(20)34)23-29-13-22(28)24(32-23)31-18-5-4-10-33(14-18)26(2,3)40(35,36)37/h6-9,11-13,15,18H,4-5,10,14H2,1-3H3,(H,29,31,32)(H2,35,36,37)/t18-/m0/s1. The fraction of sp³-hybridized carbons (Fsp3) is 0.346. The van der Waals surface area contributed by atoms with Crippen LogP contribution >= 0.6 is 19.2 Å². The van der Waals surface area contributed by atoms with Gasteiger partial charge >= 0.3 is 7.60 Å². The van der Waals surface area contributed by atoms with E-state index >= 15 is 0 Å². The lowest BCUT2D eigenvalue weighted by Gasteiger charge is -2.43. The molecule has 218 valence electrons. The van der Waals surface area contributed by atoms with E-state index in [1.54, 1.807) is 23.1 Å². The van der Waals surface area contributed by atoms with Gasteiger partial charge in [-0.15, -0.1) is 0 Å². The van der Waals surface area contributed by atoms with E-state index in [1.807, 2.05) is 6.92 Å². The molecule has 0 bridgehead atoms. The topological polar surface area (TPSA) is 151 Å². The first-order chi connectivity index (χ1) is 19.2. The smallest absolute Gasteiger partial charge is 0.345 e. The van der Waals surface area contributed by atoms with Gasteiger partial charge in [0.15, 0.2) is 23.1 Å². The van der Waals surface area contributed by atoms with Crippen molar-refractivity contribution in [1.29, 1.82) is 0 Å². The van der Waals surface area contributed by atoms with Crippen molar-refractivity contribution in [1.82, 2.24) is 23.8 Å². The summed E-state index contributed by atoms with van der Waals surface area (Å²) in [5, 5.41) is 2.29. The van der Waals surface area contributed by atoms with Gasteiger partial charge in [0, 0.05) is 35.9 Å². The average molecular weight is 623 g/mol. The molecule has 3 N–H and O–H groups in total. The third-order valence-corrected chi connectivity index (χ3v) is 11.0. The lowest BCUT2D eigenvalue weighted by atomic mass is 10.0. The molecule has 41 heavy (non-hydrogen) atoms. The van der Waals surface area contributed by atoms with Gasteiger partial charge < -0.3 is 15.1 Å². The zero-order valence-electron chi connectivity index (χ0n) is 22.5. The molecule has 1 aliphatic rings. The Morgan fingerprint density at radius 1 is 1.17 bits per heavy atom. The van der Waals surface area contributed by atoms with Crippen LogP contribution in [-0.4, -0.2) is 66.4 Å². The molecule has 3 aromatic heterocycles. The third-order valence-electron chi connectivity index (χ3n) is 7.39. The molecule has 0 radical (unpaired) electrons. The number of anilines is 1. The van der Waals surface area contributed by atoms with Crippen LogP contribution in [0.15, 0.2) is 53.8 Å². The summed E-state index contributed by atoms with van der Waals surface area (Å²) < 4.78 is 55.2. The first-order valence-corrected chi connectivity index (χ1v) is 16.2. The van der Waals surface area contributed by atoms with Gasteiger partial charge in [0.05, 0.1) is 16.1 Å². The molecule has 1 saturated heterocycles. The largest absolute Gasteiger partial charge is 0.363 e. The zero-order valence-corrected chi connectivity index (χ0v) is 25.0. The van der Waals surface area contributed by atoms with Crippen molar-refractivity contribution in [2.24, 2.45) is 0 Å². The minimum Gasteiger partial charge on any atom is -0.363 e. The Hall–Kier alpha value is -2.93. The van der Waals surface area contributed by atoms with Gasteiger partial charge in [0.1, 0.15) is 5.28 Å². The van der Waals surface area contributed by atoms with Crippen molar-refractivity contribution in [2.75, 3.05) is 18.4 Å². The van der Waals surface area contributed by atoms with Crippen molar-refractivity contribution < 1.29 is 27.2 Å². The Morgan fingerprint density at radius 3 is 2.56 bits per heavy atom. The molecule has 0 spiro atoms. The first kappa shape index (κ1) is 29.6. The van der Waals surface area contributed by atoms with Crippen molar-refractivity contribution in [3.05, 3.63) is 65.3 Å². The number of nitrogens with zero attached hydrogens (tertiary/aromatic N) is 5. The van der Waals surface area contributed by atoms with Crippen molar-refractivity contribution in [2.45, 2.75) is 49.8 Å². The van der Waals surface area contributed by atoms with Gasteiger partial charge in [-0.25, -0.2) is 31.7 Å². The summed E-state index contributed by atoms with van der Waals surface area (Å²) in [5.41, 5.74) is 1.29. The summed E-state index contributed by atoms with van der Waals surface area (Å²) in [6.07, 6.45) is 4.92. The Bertz CT molecular complexity index is 1780. The second-order valence-electron chi connectivity index (χ2n) is 10.5. The highest BCUT2D eigenvalue weighted by atomic mass is 35.5. The monoisotopic (exact) mass is 622 g/mol. The maximum absolute atomic E-state index is 14.9. The number of benzene rings is 1. The molecular formula is C26H29ClFN6O5PS. The van der Waals surface area contributed by atoms with Gasteiger partial charge in [-0.1, -0.05) is 29.3 Å². The van der Waals surface area contributed by atoms with Crippen molar-refractivity contribution >= 4 is 46.1 Å². The van der Waals surface area contributed by atoms with E-state index in [9.17, 15) is 27.2 Å². The number of fused-ring (bicyclic) bond motifs is 1. The Kier molecular flexibility index (Phi) is 7.73. The highest BCUT2D eigenvalue weighted by molar-refractivity contribution is 7.90. The van der Waals surface area contributed by atoms with Crippen LogP contribution in [0.3, 0.4) is 0 Å². The number of pyridine rings is 1. The first-order valence-electron chi connectivity index (χ1n) is 12.8. The van der Waals surface area contributed by atoms with Crippen LogP contribution < -0.4 is 5.32 Å². The predicted octanol–water partition coefficient (Wildman–Crippen LogP) is 4.62. The number of halogens is 2. The molecule has 4 heterocycles. The fourth-order valence-corrected chi connectivity index (χ4v) is 6.84. The molecule has 15 heteroatoms. The minimum absolute atomic E-state index is 0.0454. The molecular weight excluding hydrogens is 594 g/mol. The highest BCUT2D eigenvalue weighted by Crippen LogP contribution is 2.52. The normalized spacial score (nSPS) is 17.2. The van der Waals surface area contributed by atoms with E-state index in [-0.39, 0.29) is 45.4 Å². The van der Waals surface area contributed by atoms with E-state index in [4.69, 9.17) is 11.6 Å². The zero-order chi connectivity index (χ0) is 29.7. The molecule has 1 atom stereocenters. The van der Waals surface area contributed by atoms with E-state index in [1.165, 1.54) is 38.4 Å². The minimum atomic E-state index is -4.44.